The van der Waals surface area contributed by atoms with Gasteiger partial charge in [-0.2, -0.15) is 0 Å². The SMILES string of the molecule is Cc1cc(-c2nnco2)ccc1NCc1cnco1. The van der Waals surface area contributed by atoms with Gasteiger partial charge in [0.25, 0.3) is 0 Å². The van der Waals surface area contributed by atoms with Gasteiger partial charge in [-0.25, -0.2) is 4.98 Å². The highest BCUT2D eigenvalue weighted by molar-refractivity contribution is 5.62. The van der Waals surface area contributed by atoms with Gasteiger partial charge in [0, 0.05) is 11.3 Å². The zero-order valence-electron chi connectivity index (χ0n) is 10.3. The molecule has 6 heteroatoms. The summed E-state index contributed by atoms with van der Waals surface area (Å²) in [6.07, 6.45) is 4.43. The predicted molar refractivity (Wildman–Crippen MR) is 68.3 cm³/mol. The van der Waals surface area contributed by atoms with E-state index in [0.717, 1.165) is 22.6 Å². The van der Waals surface area contributed by atoms with Gasteiger partial charge in [-0.15, -0.1) is 10.2 Å². The number of anilines is 1. The molecule has 6 nitrogen and oxygen atoms in total. The first-order chi connectivity index (χ1) is 9.33. The fourth-order valence-corrected chi connectivity index (χ4v) is 1.81. The zero-order valence-corrected chi connectivity index (χ0v) is 10.3. The van der Waals surface area contributed by atoms with E-state index in [1.165, 1.54) is 12.8 Å². The summed E-state index contributed by atoms with van der Waals surface area (Å²) in [6.45, 7) is 2.61. The number of aromatic nitrogens is 3. The molecule has 2 heterocycles. The lowest BCUT2D eigenvalue weighted by molar-refractivity contribution is 0.511. The van der Waals surface area contributed by atoms with Gasteiger partial charge in [-0.05, 0) is 30.7 Å². The molecule has 0 aliphatic heterocycles. The van der Waals surface area contributed by atoms with Crippen molar-refractivity contribution in [1.29, 1.82) is 0 Å². The lowest BCUT2D eigenvalue weighted by Gasteiger charge is -2.08. The van der Waals surface area contributed by atoms with Crippen molar-refractivity contribution in [3.8, 4) is 11.5 Å². The van der Waals surface area contributed by atoms with Gasteiger partial charge in [-0.3, -0.25) is 0 Å². The number of benzene rings is 1. The molecule has 19 heavy (non-hydrogen) atoms. The Morgan fingerprint density at radius 2 is 2.16 bits per heavy atom. The summed E-state index contributed by atoms with van der Waals surface area (Å²) in [5.41, 5.74) is 3.02. The summed E-state index contributed by atoms with van der Waals surface area (Å²) in [5, 5.41) is 10.8. The Balaban J connectivity index is 1.76. The highest BCUT2D eigenvalue weighted by Crippen LogP contribution is 2.23. The van der Waals surface area contributed by atoms with Gasteiger partial charge in [0.05, 0.1) is 12.7 Å². The van der Waals surface area contributed by atoms with E-state index in [1.807, 2.05) is 25.1 Å². The maximum Gasteiger partial charge on any atom is 0.247 e. The largest absolute Gasteiger partial charge is 0.447 e. The molecule has 3 aromatic rings. The summed E-state index contributed by atoms with van der Waals surface area (Å²) >= 11 is 0. The van der Waals surface area contributed by atoms with Crippen LogP contribution in [0.25, 0.3) is 11.5 Å². The van der Waals surface area contributed by atoms with E-state index >= 15 is 0 Å². The molecule has 96 valence electrons. The number of nitrogens with zero attached hydrogens (tertiary/aromatic N) is 3. The Morgan fingerprint density at radius 1 is 1.21 bits per heavy atom. The summed E-state index contributed by atoms with van der Waals surface area (Å²) in [5.74, 6) is 1.31. The molecular formula is C13H12N4O2. The van der Waals surface area contributed by atoms with Crippen LogP contribution >= 0.6 is 0 Å². The molecule has 0 saturated heterocycles. The first-order valence-electron chi connectivity index (χ1n) is 5.81. The number of rotatable bonds is 4. The molecule has 0 fully saturated rings. The molecule has 0 atom stereocenters. The molecule has 0 aliphatic carbocycles. The van der Waals surface area contributed by atoms with Gasteiger partial charge in [0.15, 0.2) is 6.39 Å². The van der Waals surface area contributed by atoms with Crippen molar-refractivity contribution < 1.29 is 8.83 Å². The van der Waals surface area contributed by atoms with Gasteiger partial charge in [-0.1, -0.05) is 0 Å². The second-order valence-electron chi connectivity index (χ2n) is 4.09. The van der Waals surface area contributed by atoms with Gasteiger partial charge in [0.1, 0.15) is 5.76 Å². The topological polar surface area (TPSA) is 77.0 Å². The van der Waals surface area contributed by atoms with Crippen molar-refractivity contribution in [2.75, 3.05) is 5.32 Å². The lowest BCUT2D eigenvalue weighted by Crippen LogP contribution is -2.00. The second-order valence-corrected chi connectivity index (χ2v) is 4.09. The molecule has 1 N–H and O–H groups in total. The number of aryl methyl sites for hydroxylation is 1. The van der Waals surface area contributed by atoms with E-state index in [1.54, 1.807) is 6.20 Å². The zero-order chi connectivity index (χ0) is 13.1. The molecule has 1 aromatic carbocycles. The van der Waals surface area contributed by atoms with Gasteiger partial charge < -0.3 is 14.2 Å². The quantitative estimate of drug-likeness (QED) is 0.773. The minimum atomic E-state index is 0.518. The average molecular weight is 256 g/mol. The molecule has 0 saturated carbocycles. The highest BCUT2D eigenvalue weighted by atomic mass is 16.4. The molecule has 0 unspecified atom stereocenters. The number of oxazole rings is 1. The van der Waals surface area contributed by atoms with E-state index in [-0.39, 0.29) is 0 Å². The summed E-state index contributed by atoms with van der Waals surface area (Å²) in [7, 11) is 0. The van der Waals surface area contributed by atoms with Crippen LogP contribution in [0.2, 0.25) is 0 Å². The van der Waals surface area contributed by atoms with Crippen LogP contribution in [-0.2, 0) is 6.54 Å². The standard InChI is InChI=1S/C13H12N4O2/c1-9-4-10(13-17-16-8-19-13)2-3-12(9)15-6-11-5-14-7-18-11/h2-5,7-8,15H,6H2,1H3. The highest BCUT2D eigenvalue weighted by Gasteiger charge is 2.06. The Bertz CT molecular complexity index is 647. The van der Waals surface area contributed by atoms with Crippen LogP contribution in [-0.4, -0.2) is 15.2 Å². The third kappa shape index (κ3) is 2.47. The lowest BCUT2D eigenvalue weighted by atomic mass is 10.1. The first kappa shape index (κ1) is 11.5. The molecule has 0 radical (unpaired) electrons. The molecule has 0 bridgehead atoms. The van der Waals surface area contributed by atoms with Crippen LogP contribution < -0.4 is 5.32 Å². The van der Waals surface area contributed by atoms with Crippen molar-refractivity contribution in [3.05, 3.63) is 48.5 Å². The third-order valence-electron chi connectivity index (χ3n) is 2.77. The average Bonchev–Trinajstić information content (AvgIpc) is 3.10. The minimum absolute atomic E-state index is 0.518. The predicted octanol–water partition coefficient (Wildman–Crippen LogP) is 2.65. The monoisotopic (exact) mass is 256 g/mol. The maximum atomic E-state index is 5.17. The van der Waals surface area contributed by atoms with Crippen molar-refractivity contribution >= 4 is 5.69 Å². The second kappa shape index (κ2) is 4.93. The number of hydrogen-bond donors (Lipinski definition) is 1. The molecule has 3 rings (SSSR count). The summed E-state index contributed by atoms with van der Waals surface area (Å²) in [6, 6.07) is 5.91. The van der Waals surface area contributed by atoms with Crippen molar-refractivity contribution in [2.24, 2.45) is 0 Å². The normalized spacial score (nSPS) is 10.6. The summed E-state index contributed by atoms with van der Waals surface area (Å²) < 4.78 is 10.3. The van der Waals surface area contributed by atoms with Crippen LogP contribution in [0.4, 0.5) is 5.69 Å². The fourth-order valence-electron chi connectivity index (χ4n) is 1.81. The molecule has 0 amide bonds. The Morgan fingerprint density at radius 3 is 2.84 bits per heavy atom. The Kier molecular flexibility index (Phi) is 2.97. The van der Waals surface area contributed by atoms with Gasteiger partial charge in [0.2, 0.25) is 12.3 Å². The third-order valence-corrected chi connectivity index (χ3v) is 2.77. The van der Waals surface area contributed by atoms with E-state index in [4.69, 9.17) is 8.83 Å². The van der Waals surface area contributed by atoms with Crippen LogP contribution in [0.5, 0.6) is 0 Å². The molecule has 0 spiro atoms. The van der Waals surface area contributed by atoms with E-state index < -0.39 is 0 Å². The number of hydrogen-bond acceptors (Lipinski definition) is 6. The maximum absolute atomic E-state index is 5.17. The van der Waals surface area contributed by atoms with E-state index in [9.17, 15) is 0 Å². The van der Waals surface area contributed by atoms with Crippen molar-refractivity contribution in [2.45, 2.75) is 13.5 Å². The van der Waals surface area contributed by atoms with Crippen molar-refractivity contribution in [1.82, 2.24) is 15.2 Å². The fraction of sp³-hybridized carbons (Fsp3) is 0.154. The Hall–Kier alpha value is -2.63. The van der Waals surface area contributed by atoms with Crippen molar-refractivity contribution in [3.63, 3.8) is 0 Å². The molecule has 2 aromatic heterocycles. The molecular weight excluding hydrogens is 244 g/mol. The summed E-state index contributed by atoms with van der Waals surface area (Å²) in [4.78, 5) is 3.87. The minimum Gasteiger partial charge on any atom is -0.447 e. The molecule has 0 aliphatic rings. The van der Waals surface area contributed by atoms with Crippen LogP contribution in [0.3, 0.4) is 0 Å². The Labute approximate surface area is 109 Å². The number of nitrogens with one attached hydrogen (secondary N) is 1. The first-order valence-corrected chi connectivity index (χ1v) is 5.81. The van der Waals surface area contributed by atoms with Crippen LogP contribution in [0.15, 0.2) is 46.0 Å². The van der Waals surface area contributed by atoms with E-state index in [0.29, 0.717) is 12.4 Å². The van der Waals surface area contributed by atoms with Crippen LogP contribution in [0, 0.1) is 6.92 Å². The van der Waals surface area contributed by atoms with Gasteiger partial charge >= 0.3 is 0 Å². The van der Waals surface area contributed by atoms with E-state index in [2.05, 4.69) is 20.5 Å². The van der Waals surface area contributed by atoms with Crippen LogP contribution in [0.1, 0.15) is 11.3 Å². The smallest absolute Gasteiger partial charge is 0.247 e.